The summed E-state index contributed by atoms with van der Waals surface area (Å²) in [4.78, 5) is 12.4. The molecule has 8 heteroatoms. The Morgan fingerprint density at radius 3 is 2.54 bits per heavy atom. The number of hydrogen-bond donors (Lipinski definition) is 3. The molecule has 1 amide bonds. The van der Waals surface area contributed by atoms with Crippen molar-refractivity contribution in [1.29, 1.82) is 5.41 Å². The number of carbonyl (C=O) groups is 1. The van der Waals surface area contributed by atoms with Gasteiger partial charge in [-0.25, -0.2) is 4.39 Å². The lowest BCUT2D eigenvalue weighted by Crippen LogP contribution is -2.24. The maximum atomic E-state index is 12.9. The molecule has 2 aromatic carbocycles. The van der Waals surface area contributed by atoms with Crippen LogP contribution in [-0.2, 0) is 12.3 Å². The first-order valence-corrected chi connectivity index (χ1v) is 8.51. The van der Waals surface area contributed by atoms with Gasteiger partial charge in [0.15, 0.2) is 5.17 Å². The summed E-state index contributed by atoms with van der Waals surface area (Å²) in [7, 11) is 0. The predicted octanol–water partition coefficient (Wildman–Crippen LogP) is 4.22. The summed E-state index contributed by atoms with van der Waals surface area (Å²) in [5, 5.41) is 10.1. The van der Waals surface area contributed by atoms with Crippen molar-refractivity contribution in [2.24, 2.45) is 5.73 Å². The summed E-state index contributed by atoms with van der Waals surface area (Å²) < 4.78 is 13.7. The van der Waals surface area contributed by atoms with Crippen molar-refractivity contribution in [2.45, 2.75) is 12.3 Å². The van der Waals surface area contributed by atoms with E-state index < -0.39 is 0 Å². The van der Waals surface area contributed by atoms with E-state index >= 15 is 0 Å². The Kier molecular flexibility index (Phi) is 8.44. The van der Waals surface area contributed by atoms with Crippen LogP contribution in [0.3, 0.4) is 0 Å². The van der Waals surface area contributed by atoms with Crippen molar-refractivity contribution >= 4 is 55.7 Å². The first kappa shape index (κ1) is 20.7. The highest BCUT2D eigenvalue weighted by Gasteiger charge is 2.12. The zero-order valence-electron chi connectivity index (χ0n) is 12.5. The van der Waals surface area contributed by atoms with Crippen LogP contribution in [0.5, 0.6) is 0 Å². The molecule has 0 saturated carbocycles. The highest BCUT2D eigenvalue weighted by atomic mass is 79.9. The van der Waals surface area contributed by atoms with Gasteiger partial charge in [0.2, 0.25) is 0 Å². The largest absolute Gasteiger partial charge is 0.379 e. The van der Waals surface area contributed by atoms with Crippen LogP contribution in [0.1, 0.15) is 21.5 Å². The highest BCUT2D eigenvalue weighted by molar-refractivity contribution is 9.10. The molecule has 0 heterocycles. The van der Waals surface area contributed by atoms with Crippen molar-refractivity contribution in [3.8, 4) is 0 Å². The molecule has 0 aromatic heterocycles. The third kappa shape index (κ3) is 6.26. The predicted molar refractivity (Wildman–Crippen MR) is 105 cm³/mol. The summed E-state index contributed by atoms with van der Waals surface area (Å²) in [6.45, 7) is 0.314. The fourth-order valence-electron chi connectivity index (χ4n) is 1.94. The van der Waals surface area contributed by atoms with E-state index in [0.717, 1.165) is 27.4 Å². The summed E-state index contributed by atoms with van der Waals surface area (Å²) in [6, 6.07) is 11.3. The molecular formula is C16H16Br2FN3OS. The number of nitrogens with two attached hydrogens (primary N) is 1. The third-order valence-corrected chi connectivity index (χ3v) is 4.32. The van der Waals surface area contributed by atoms with Crippen LogP contribution in [0.15, 0.2) is 46.9 Å². The van der Waals surface area contributed by atoms with Gasteiger partial charge in [0.25, 0.3) is 5.91 Å². The van der Waals surface area contributed by atoms with Gasteiger partial charge in [0, 0.05) is 22.3 Å². The highest BCUT2D eigenvalue weighted by Crippen LogP contribution is 2.21. The third-order valence-electron chi connectivity index (χ3n) is 3.06. The van der Waals surface area contributed by atoms with Crippen LogP contribution in [-0.4, -0.2) is 11.1 Å². The molecule has 0 atom stereocenters. The van der Waals surface area contributed by atoms with Gasteiger partial charge in [-0.1, -0.05) is 39.8 Å². The summed E-state index contributed by atoms with van der Waals surface area (Å²) in [6.07, 6.45) is 0. The molecule has 0 spiro atoms. The van der Waals surface area contributed by atoms with Gasteiger partial charge < -0.3 is 11.1 Å². The molecule has 0 unspecified atom stereocenters. The average Bonchev–Trinajstić information content (AvgIpc) is 2.52. The first-order valence-electron chi connectivity index (χ1n) is 6.73. The summed E-state index contributed by atoms with van der Waals surface area (Å²) in [5.41, 5.74) is 7.49. The lowest BCUT2D eigenvalue weighted by molar-refractivity contribution is 0.0950. The van der Waals surface area contributed by atoms with Crippen LogP contribution >= 0.6 is 44.7 Å². The second-order valence-corrected chi connectivity index (χ2v) is 6.70. The van der Waals surface area contributed by atoms with Gasteiger partial charge in [0.1, 0.15) is 5.82 Å². The smallest absolute Gasteiger partial charge is 0.251 e. The van der Waals surface area contributed by atoms with Gasteiger partial charge in [-0.05, 0) is 41.5 Å². The minimum Gasteiger partial charge on any atom is -0.379 e. The fourth-order valence-corrected chi connectivity index (χ4v) is 2.90. The van der Waals surface area contributed by atoms with Crippen LogP contribution in [0.2, 0.25) is 0 Å². The van der Waals surface area contributed by atoms with Gasteiger partial charge in [-0.3, -0.25) is 10.2 Å². The molecule has 128 valence electrons. The Morgan fingerprint density at radius 2 is 1.92 bits per heavy atom. The van der Waals surface area contributed by atoms with Gasteiger partial charge >= 0.3 is 0 Å². The van der Waals surface area contributed by atoms with Crippen molar-refractivity contribution in [1.82, 2.24) is 5.32 Å². The number of halogens is 3. The molecule has 4 N–H and O–H groups in total. The van der Waals surface area contributed by atoms with E-state index in [-0.39, 0.29) is 33.9 Å². The van der Waals surface area contributed by atoms with Crippen LogP contribution in [0.25, 0.3) is 0 Å². The lowest BCUT2D eigenvalue weighted by Gasteiger charge is -2.11. The number of benzene rings is 2. The molecule has 0 radical (unpaired) electrons. The van der Waals surface area contributed by atoms with E-state index in [0.29, 0.717) is 17.9 Å². The van der Waals surface area contributed by atoms with Crippen LogP contribution < -0.4 is 11.1 Å². The minimum absolute atomic E-state index is 0. The van der Waals surface area contributed by atoms with Gasteiger partial charge in [-0.2, -0.15) is 0 Å². The van der Waals surface area contributed by atoms with E-state index in [1.165, 1.54) is 12.1 Å². The standard InChI is InChI=1S/C16H15BrFN3OS.BrH/c17-12-3-6-14(11(7-12)9-23-16(19)20)15(22)21-8-10-1-4-13(18)5-2-10;/h1-7H,8-9H2,(H3,19,20)(H,21,22);1H. The Hall–Kier alpha value is -1.38. The Morgan fingerprint density at radius 1 is 1.25 bits per heavy atom. The summed E-state index contributed by atoms with van der Waals surface area (Å²) in [5.74, 6) is -0.0915. The zero-order chi connectivity index (χ0) is 16.8. The van der Waals surface area contributed by atoms with Gasteiger partial charge in [0.05, 0.1) is 0 Å². The molecule has 2 aromatic rings. The molecule has 4 nitrogen and oxygen atoms in total. The molecule has 0 bridgehead atoms. The molecular weight excluding hydrogens is 461 g/mol. The van der Waals surface area contributed by atoms with E-state index in [2.05, 4.69) is 21.2 Å². The van der Waals surface area contributed by atoms with Gasteiger partial charge in [-0.15, -0.1) is 17.0 Å². The lowest BCUT2D eigenvalue weighted by atomic mass is 10.1. The molecule has 0 saturated heterocycles. The molecule has 24 heavy (non-hydrogen) atoms. The number of rotatable bonds is 5. The second kappa shape index (κ2) is 9.80. The monoisotopic (exact) mass is 475 g/mol. The first-order chi connectivity index (χ1) is 11.0. The van der Waals surface area contributed by atoms with Crippen LogP contribution in [0.4, 0.5) is 4.39 Å². The number of amides is 1. The number of amidine groups is 1. The number of hydrogen-bond acceptors (Lipinski definition) is 3. The molecule has 0 fully saturated rings. The summed E-state index contributed by atoms with van der Waals surface area (Å²) >= 11 is 4.53. The van der Waals surface area contributed by atoms with Crippen molar-refractivity contribution in [3.63, 3.8) is 0 Å². The minimum atomic E-state index is -0.309. The SMILES string of the molecule is Br.N=C(N)SCc1cc(Br)ccc1C(=O)NCc1ccc(F)cc1. The zero-order valence-corrected chi connectivity index (χ0v) is 16.6. The number of thioether (sulfide) groups is 1. The molecule has 0 aliphatic heterocycles. The molecule has 2 rings (SSSR count). The van der Waals surface area contributed by atoms with E-state index in [1.54, 1.807) is 24.3 Å². The van der Waals surface area contributed by atoms with Crippen molar-refractivity contribution in [2.75, 3.05) is 0 Å². The van der Waals surface area contributed by atoms with Crippen LogP contribution in [0, 0.1) is 11.2 Å². The van der Waals surface area contributed by atoms with Crippen molar-refractivity contribution in [3.05, 3.63) is 69.4 Å². The maximum Gasteiger partial charge on any atom is 0.251 e. The maximum absolute atomic E-state index is 12.9. The topological polar surface area (TPSA) is 79.0 Å². The number of carbonyl (C=O) groups excluding carboxylic acids is 1. The average molecular weight is 477 g/mol. The van der Waals surface area contributed by atoms with E-state index in [4.69, 9.17) is 11.1 Å². The Labute approximate surface area is 162 Å². The Bertz CT molecular complexity index is 726. The Balaban J connectivity index is 0.00000288. The quantitative estimate of drug-likeness (QED) is 0.446. The van der Waals surface area contributed by atoms with E-state index in [1.807, 2.05) is 6.07 Å². The number of nitrogens with one attached hydrogen (secondary N) is 2. The normalized spacial score (nSPS) is 9.92. The van der Waals surface area contributed by atoms with Crippen molar-refractivity contribution < 1.29 is 9.18 Å². The molecule has 0 aliphatic carbocycles. The van der Waals surface area contributed by atoms with E-state index in [9.17, 15) is 9.18 Å². The fraction of sp³-hybridized carbons (Fsp3) is 0.125. The second-order valence-electron chi connectivity index (χ2n) is 4.76. The molecule has 0 aliphatic rings.